The summed E-state index contributed by atoms with van der Waals surface area (Å²) in [5.74, 6) is 0.903. The molecule has 0 bridgehead atoms. The van der Waals surface area contributed by atoms with Crippen molar-refractivity contribution in [1.29, 1.82) is 0 Å². The van der Waals surface area contributed by atoms with E-state index in [0.29, 0.717) is 26.5 Å². The van der Waals surface area contributed by atoms with Gasteiger partial charge in [-0.1, -0.05) is 16.7 Å². The lowest BCUT2D eigenvalue weighted by Gasteiger charge is -2.13. The Morgan fingerprint density at radius 3 is 2.35 bits per heavy atom. The van der Waals surface area contributed by atoms with Crippen molar-refractivity contribution < 1.29 is 23.4 Å². The van der Waals surface area contributed by atoms with Gasteiger partial charge in [-0.25, -0.2) is 0 Å². The Bertz CT molecular complexity index is 915. The van der Waals surface area contributed by atoms with Crippen molar-refractivity contribution in [1.82, 2.24) is 10.2 Å². The van der Waals surface area contributed by atoms with Crippen LogP contribution >= 0.6 is 22.9 Å². The number of amides is 1. The Morgan fingerprint density at radius 2 is 1.81 bits per heavy atom. The van der Waals surface area contributed by atoms with Gasteiger partial charge in [-0.3, -0.25) is 10.1 Å². The number of hydrogen-bond acceptors (Lipinski definition) is 8. The lowest BCUT2D eigenvalue weighted by Crippen LogP contribution is -2.13. The van der Waals surface area contributed by atoms with Crippen molar-refractivity contribution >= 4 is 34.9 Å². The molecule has 0 spiro atoms. The Hall–Kier alpha value is -2.78. The maximum absolute atomic E-state index is 12.5. The first-order chi connectivity index (χ1) is 12.5. The first-order valence-corrected chi connectivity index (χ1v) is 8.45. The molecule has 0 fully saturated rings. The summed E-state index contributed by atoms with van der Waals surface area (Å²) in [6.07, 6.45) is 0. The van der Waals surface area contributed by atoms with Gasteiger partial charge in [0.15, 0.2) is 11.5 Å². The molecule has 2 aromatic heterocycles. The second-order valence-electron chi connectivity index (χ2n) is 4.88. The van der Waals surface area contributed by atoms with E-state index in [2.05, 4.69) is 15.5 Å². The molecule has 0 saturated carbocycles. The standard InChI is InChI=1S/C16H14ClN3O5S/c1-22-9-6-8(7-10(23-2)13(9)24-3)14(21)18-16-20-19-15(25-16)11-4-5-12(17)26-11/h4-7H,1-3H3,(H,18,20,21). The van der Waals surface area contributed by atoms with Crippen LogP contribution in [-0.4, -0.2) is 37.4 Å². The zero-order valence-corrected chi connectivity index (χ0v) is 15.6. The van der Waals surface area contributed by atoms with E-state index in [1.165, 1.54) is 44.8 Å². The van der Waals surface area contributed by atoms with E-state index in [-0.39, 0.29) is 17.5 Å². The highest BCUT2D eigenvalue weighted by atomic mass is 35.5. The molecule has 0 atom stereocenters. The van der Waals surface area contributed by atoms with Gasteiger partial charge in [-0.15, -0.1) is 16.4 Å². The molecule has 2 heterocycles. The Morgan fingerprint density at radius 1 is 1.12 bits per heavy atom. The summed E-state index contributed by atoms with van der Waals surface area (Å²) in [7, 11) is 4.42. The van der Waals surface area contributed by atoms with Crippen LogP contribution in [0.25, 0.3) is 10.8 Å². The van der Waals surface area contributed by atoms with E-state index in [1.807, 2.05) is 0 Å². The van der Waals surface area contributed by atoms with Gasteiger partial charge in [0.25, 0.3) is 11.8 Å². The molecule has 10 heteroatoms. The lowest BCUT2D eigenvalue weighted by molar-refractivity contribution is 0.102. The van der Waals surface area contributed by atoms with Gasteiger partial charge in [-0.05, 0) is 24.3 Å². The minimum Gasteiger partial charge on any atom is -0.493 e. The number of rotatable bonds is 6. The number of benzene rings is 1. The van der Waals surface area contributed by atoms with Crippen LogP contribution in [0, 0.1) is 0 Å². The number of thiophene rings is 1. The Labute approximate surface area is 157 Å². The first kappa shape index (κ1) is 18.0. The number of carbonyl (C=O) groups is 1. The Balaban J connectivity index is 1.83. The van der Waals surface area contributed by atoms with E-state index >= 15 is 0 Å². The molecule has 8 nitrogen and oxygen atoms in total. The number of nitrogens with one attached hydrogen (secondary N) is 1. The summed E-state index contributed by atoms with van der Waals surface area (Å²) in [5.41, 5.74) is 0.276. The molecule has 0 unspecified atom stereocenters. The van der Waals surface area contributed by atoms with Crippen LogP contribution < -0.4 is 19.5 Å². The number of hydrogen-bond donors (Lipinski definition) is 1. The van der Waals surface area contributed by atoms with Crippen molar-refractivity contribution in [2.75, 3.05) is 26.6 Å². The van der Waals surface area contributed by atoms with E-state index in [0.717, 1.165) is 0 Å². The smallest absolute Gasteiger partial charge is 0.322 e. The van der Waals surface area contributed by atoms with Crippen molar-refractivity contribution in [3.8, 4) is 28.0 Å². The number of ether oxygens (including phenoxy) is 3. The molecule has 1 N–H and O–H groups in total. The Kier molecular flexibility index (Phi) is 5.29. The minimum atomic E-state index is -0.469. The number of halogens is 1. The highest BCUT2D eigenvalue weighted by molar-refractivity contribution is 7.19. The van der Waals surface area contributed by atoms with Crippen LogP contribution in [0.15, 0.2) is 28.7 Å². The van der Waals surface area contributed by atoms with Crippen molar-refractivity contribution in [3.05, 3.63) is 34.2 Å². The SMILES string of the molecule is COc1cc(C(=O)Nc2nnc(-c3ccc(Cl)s3)o2)cc(OC)c1OC. The summed E-state index contributed by atoms with van der Waals surface area (Å²) in [6.45, 7) is 0. The molecular weight excluding hydrogens is 382 g/mol. The summed E-state index contributed by atoms with van der Waals surface area (Å²) >= 11 is 7.18. The molecule has 3 rings (SSSR count). The largest absolute Gasteiger partial charge is 0.493 e. The molecule has 3 aromatic rings. The lowest BCUT2D eigenvalue weighted by atomic mass is 10.1. The second kappa shape index (κ2) is 7.63. The van der Waals surface area contributed by atoms with E-state index < -0.39 is 5.91 Å². The van der Waals surface area contributed by atoms with Crippen LogP contribution in [0.3, 0.4) is 0 Å². The molecule has 0 saturated heterocycles. The van der Waals surface area contributed by atoms with Crippen molar-refractivity contribution in [3.63, 3.8) is 0 Å². The van der Waals surface area contributed by atoms with Gasteiger partial charge in [0.05, 0.1) is 30.5 Å². The maximum Gasteiger partial charge on any atom is 0.322 e. The third kappa shape index (κ3) is 3.58. The van der Waals surface area contributed by atoms with Crippen LogP contribution in [0.1, 0.15) is 10.4 Å². The second-order valence-corrected chi connectivity index (χ2v) is 6.60. The minimum absolute atomic E-state index is 0.0386. The van der Waals surface area contributed by atoms with Gasteiger partial charge in [0.2, 0.25) is 5.75 Å². The predicted molar refractivity (Wildman–Crippen MR) is 96.7 cm³/mol. The van der Waals surface area contributed by atoms with Crippen LogP contribution in [0.4, 0.5) is 6.01 Å². The molecule has 1 amide bonds. The van der Waals surface area contributed by atoms with E-state index in [1.54, 1.807) is 12.1 Å². The third-order valence-electron chi connectivity index (χ3n) is 3.36. The number of aromatic nitrogens is 2. The average Bonchev–Trinajstić information content (AvgIpc) is 3.29. The molecule has 0 aliphatic carbocycles. The highest BCUT2D eigenvalue weighted by Gasteiger charge is 2.19. The topological polar surface area (TPSA) is 95.7 Å². The van der Waals surface area contributed by atoms with Crippen LogP contribution in [0.2, 0.25) is 4.34 Å². The molecule has 1 aromatic carbocycles. The summed E-state index contributed by atoms with van der Waals surface area (Å²) in [5, 5.41) is 10.2. The van der Waals surface area contributed by atoms with Gasteiger partial charge < -0.3 is 18.6 Å². The summed E-state index contributed by atoms with van der Waals surface area (Å²) in [6, 6.07) is 6.48. The summed E-state index contributed by atoms with van der Waals surface area (Å²) in [4.78, 5) is 13.2. The normalized spacial score (nSPS) is 10.5. The van der Waals surface area contributed by atoms with Crippen molar-refractivity contribution in [2.45, 2.75) is 0 Å². The maximum atomic E-state index is 12.5. The number of carbonyl (C=O) groups excluding carboxylic acids is 1. The zero-order valence-electron chi connectivity index (χ0n) is 14.0. The first-order valence-electron chi connectivity index (χ1n) is 7.26. The van der Waals surface area contributed by atoms with E-state index in [4.69, 9.17) is 30.2 Å². The number of methoxy groups -OCH3 is 3. The molecular formula is C16H14ClN3O5S. The van der Waals surface area contributed by atoms with Gasteiger partial charge in [0.1, 0.15) is 0 Å². The van der Waals surface area contributed by atoms with Crippen molar-refractivity contribution in [2.24, 2.45) is 0 Å². The fourth-order valence-electron chi connectivity index (χ4n) is 2.18. The number of nitrogens with zero attached hydrogens (tertiary/aromatic N) is 2. The van der Waals surface area contributed by atoms with Crippen LogP contribution in [-0.2, 0) is 0 Å². The fraction of sp³-hybridized carbons (Fsp3) is 0.188. The van der Waals surface area contributed by atoms with E-state index in [9.17, 15) is 4.79 Å². The molecule has 0 aliphatic heterocycles. The van der Waals surface area contributed by atoms with Gasteiger partial charge in [-0.2, -0.15) is 0 Å². The zero-order chi connectivity index (χ0) is 18.7. The molecule has 136 valence electrons. The van der Waals surface area contributed by atoms with Gasteiger partial charge >= 0.3 is 6.01 Å². The molecule has 26 heavy (non-hydrogen) atoms. The fourth-order valence-corrected chi connectivity index (χ4v) is 3.15. The number of anilines is 1. The highest BCUT2D eigenvalue weighted by Crippen LogP contribution is 2.38. The molecule has 0 radical (unpaired) electrons. The average molecular weight is 396 g/mol. The quantitative estimate of drug-likeness (QED) is 0.679. The third-order valence-corrected chi connectivity index (χ3v) is 4.58. The monoisotopic (exact) mass is 395 g/mol. The summed E-state index contributed by atoms with van der Waals surface area (Å²) < 4.78 is 21.7. The van der Waals surface area contributed by atoms with Gasteiger partial charge in [0, 0.05) is 5.56 Å². The molecule has 0 aliphatic rings. The predicted octanol–water partition coefficient (Wildman–Crippen LogP) is 3.73. The van der Waals surface area contributed by atoms with Crippen LogP contribution in [0.5, 0.6) is 17.2 Å².